The third kappa shape index (κ3) is 6.14. The predicted molar refractivity (Wildman–Crippen MR) is 120 cm³/mol. The zero-order valence-corrected chi connectivity index (χ0v) is 18.1. The highest BCUT2D eigenvalue weighted by molar-refractivity contribution is 6.30. The van der Waals surface area contributed by atoms with Gasteiger partial charge in [0.25, 0.3) is 0 Å². The molecule has 29 heavy (non-hydrogen) atoms. The Balaban J connectivity index is 0.00000210. The highest BCUT2D eigenvalue weighted by Crippen LogP contribution is 2.24. The number of nitrogens with one attached hydrogen (secondary N) is 1. The molecule has 0 spiro atoms. The van der Waals surface area contributed by atoms with Crippen LogP contribution in [0.3, 0.4) is 0 Å². The number of fused-ring (bicyclic) bond motifs is 1. The van der Waals surface area contributed by atoms with Crippen LogP contribution < -0.4 is 5.32 Å². The van der Waals surface area contributed by atoms with Crippen molar-refractivity contribution in [2.45, 2.75) is 20.4 Å². The molecule has 0 fully saturated rings. The van der Waals surface area contributed by atoms with Crippen LogP contribution in [0.1, 0.15) is 13.8 Å². The Morgan fingerprint density at radius 2 is 1.86 bits per heavy atom. The zero-order valence-electron chi connectivity index (χ0n) is 16.6. The quantitative estimate of drug-likeness (QED) is 0.583. The van der Waals surface area contributed by atoms with Crippen molar-refractivity contribution >= 4 is 41.1 Å². The first-order chi connectivity index (χ1) is 13.1. The second-order valence-electron chi connectivity index (χ2n) is 6.25. The lowest BCUT2D eigenvalue weighted by atomic mass is 10.2. The third-order valence-electron chi connectivity index (χ3n) is 4.55. The monoisotopic (exact) mass is 439 g/mol. The molecule has 0 radical (unpaired) electrons. The number of amides is 1. The maximum Gasteiger partial charge on any atom is 0.240 e. The number of carbonyl (C=O) groups excluding carboxylic acids is 1. The molecular weight excluding hydrogens is 413 g/mol. The number of likely N-dealkylation sites (N-methyl/N-ethyl adjacent to an activating group) is 1. The molecule has 2 heterocycles. The molecule has 7 nitrogen and oxygen atoms in total. The lowest BCUT2D eigenvalue weighted by molar-refractivity contribution is -0.121. The molecule has 1 amide bonds. The summed E-state index contributed by atoms with van der Waals surface area (Å²) in [5.41, 5.74) is 2.35. The number of rotatable bonds is 8. The van der Waals surface area contributed by atoms with Crippen LogP contribution in [0.2, 0.25) is 5.02 Å². The third-order valence-corrected chi connectivity index (χ3v) is 4.80. The van der Waals surface area contributed by atoms with Gasteiger partial charge in [0.05, 0.1) is 0 Å². The van der Waals surface area contributed by atoms with Crippen molar-refractivity contribution in [2.24, 2.45) is 0 Å². The van der Waals surface area contributed by atoms with Gasteiger partial charge in [-0.05, 0) is 49.5 Å². The van der Waals surface area contributed by atoms with Crippen molar-refractivity contribution < 1.29 is 10.3 Å². The lowest BCUT2D eigenvalue weighted by Crippen LogP contribution is -2.36. The number of imidazole rings is 1. The SMILES string of the molecule is CCN(CC)CCNC(=O)Cn1c(-c2ccc(Cl)cc2)nc2cccnc21.Cl.O. The number of carbonyl (C=O) groups is 1. The van der Waals surface area contributed by atoms with Crippen LogP contribution in [0.25, 0.3) is 22.6 Å². The van der Waals surface area contributed by atoms with Gasteiger partial charge >= 0.3 is 0 Å². The van der Waals surface area contributed by atoms with Crippen molar-refractivity contribution in [2.75, 3.05) is 26.2 Å². The predicted octanol–water partition coefficient (Wildman–Crippen LogP) is 2.81. The highest BCUT2D eigenvalue weighted by Gasteiger charge is 2.16. The minimum absolute atomic E-state index is 0. The van der Waals surface area contributed by atoms with E-state index in [1.54, 1.807) is 6.20 Å². The maximum absolute atomic E-state index is 12.5. The Bertz CT molecular complexity index is 911. The Labute approximate surface area is 181 Å². The molecule has 9 heteroatoms. The normalized spacial score (nSPS) is 10.5. The maximum atomic E-state index is 12.5. The second-order valence-corrected chi connectivity index (χ2v) is 6.69. The summed E-state index contributed by atoms with van der Waals surface area (Å²) in [7, 11) is 0. The average Bonchev–Trinajstić information content (AvgIpc) is 3.04. The first-order valence-corrected chi connectivity index (χ1v) is 9.56. The topological polar surface area (TPSA) is 94.6 Å². The highest BCUT2D eigenvalue weighted by atomic mass is 35.5. The molecule has 0 bridgehead atoms. The molecule has 2 aromatic heterocycles. The van der Waals surface area contributed by atoms with Gasteiger partial charge in [0.15, 0.2) is 5.65 Å². The number of halogens is 2. The molecule has 0 saturated heterocycles. The van der Waals surface area contributed by atoms with E-state index in [0.717, 1.165) is 30.7 Å². The summed E-state index contributed by atoms with van der Waals surface area (Å²) in [6.45, 7) is 7.82. The minimum atomic E-state index is -0.0534. The summed E-state index contributed by atoms with van der Waals surface area (Å²) in [5, 5.41) is 3.66. The van der Waals surface area contributed by atoms with E-state index in [9.17, 15) is 4.79 Å². The molecule has 3 N–H and O–H groups in total. The van der Waals surface area contributed by atoms with Gasteiger partial charge in [-0.1, -0.05) is 25.4 Å². The van der Waals surface area contributed by atoms with Crippen LogP contribution in [-0.2, 0) is 11.3 Å². The molecule has 0 aliphatic carbocycles. The fourth-order valence-electron chi connectivity index (χ4n) is 3.02. The summed E-state index contributed by atoms with van der Waals surface area (Å²) in [6, 6.07) is 11.2. The molecular formula is C20H27Cl2N5O2. The molecule has 0 aliphatic rings. The van der Waals surface area contributed by atoms with E-state index in [1.165, 1.54) is 0 Å². The average molecular weight is 440 g/mol. The smallest absolute Gasteiger partial charge is 0.240 e. The molecule has 0 unspecified atom stereocenters. The fraction of sp³-hybridized carbons (Fsp3) is 0.350. The molecule has 0 saturated carbocycles. The van der Waals surface area contributed by atoms with Gasteiger partial charge < -0.3 is 15.7 Å². The number of hydrogen-bond acceptors (Lipinski definition) is 4. The second kappa shape index (κ2) is 11.7. The van der Waals surface area contributed by atoms with Gasteiger partial charge in [0, 0.05) is 29.9 Å². The number of pyridine rings is 1. The number of benzene rings is 1. The fourth-order valence-corrected chi connectivity index (χ4v) is 3.15. The molecule has 3 aromatic rings. The Hall–Kier alpha value is -2.19. The van der Waals surface area contributed by atoms with E-state index in [-0.39, 0.29) is 30.3 Å². The zero-order chi connectivity index (χ0) is 19.2. The summed E-state index contributed by atoms with van der Waals surface area (Å²) in [5.74, 6) is 0.654. The summed E-state index contributed by atoms with van der Waals surface area (Å²) >= 11 is 6.00. The van der Waals surface area contributed by atoms with E-state index in [4.69, 9.17) is 11.6 Å². The van der Waals surface area contributed by atoms with E-state index in [2.05, 4.69) is 34.0 Å². The van der Waals surface area contributed by atoms with Crippen LogP contribution >= 0.6 is 24.0 Å². The Morgan fingerprint density at radius 3 is 2.52 bits per heavy atom. The van der Waals surface area contributed by atoms with Gasteiger partial charge in [-0.2, -0.15) is 0 Å². The number of nitrogens with zero attached hydrogens (tertiary/aromatic N) is 4. The first kappa shape index (κ1) is 24.8. The molecule has 3 rings (SSSR count). The van der Waals surface area contributed by atoms with Crippen LogP contribution in [0.4, 0.5) is 0 Å². The van der Waals surface area contributed by atoms with Gasteiger partial charge in [-0.3, -0.25) is 9.36 Å². The summed E-state index contributed by atoms with van der Waals surface area (Å²) in [4.78, 5) is 23.9. The lowest BCUT2D eigenvalue weighted by Gasteiger charge is -2.18. The van der Waals surface area contributed by atoms with Gasteiger partial charge in [-0.15, -0.1) is 12.4 Å². The van der Waals surface area contributed by atoms with Crippen LogP contribution in [0.15, 0.2) is 42.6 Å². The molecule has 0 atom stereocenters. The van der Waals surface area contributed by atoms with Crippen LogP contribution in [0.5, 0.6) is 0 Å². The number of aromatic nitrogens is 3. The van der Waals surface area contributed by atoms with Crippen molar-refractivity contribution in [3.63, 3.8) is 0 Å². The number of hydrogen-bond donors (Lipinski definition) is 1. The van der Waals surface area contributed by atoms with E-state index in [0.29, 0.717) is 23.0 Å². The van der Waals surface area contributed by atoms with E-state index in [1.807, 2.05) is 41.0 Å². The van der Waals surface area contributed by atoms with Gasteiger partial charge in [-0.25, -0.2) is 9.97 Å². The molecule has 0 aliphatic heterocycles. The van der Waals surface area contributed by atoms with Crippen molar-refractivity contribution in [3.05, 3.63) is 47.6 Å². The molecule has 1 aromatic carbocycles. The van der Waals surface area contributed by atoms with E-state index < -0.39 is 0 Å². The standard InChI is InChI=1S/C20H24ClN5O.ClH.H2O/c1-3-25(4-2)13-12-22-18(27)14-26-19(15-7-9-16(21)10-8-15)24-17-6-5-11-23-20(17)26;;/h5-11H,3-4,12-14H2,1-2H3,(H,22,27);1H;1H2. The minimum Gasteiger partial charge on any atom is -0.412 e. The summed E-state index contributed by atoms with van der Waals surface area (Å²) in [6.07, 6.45) is 1.71. The largest absolute Gasteiger partial charge is 0.412 e. The van der Waals surface area contributed by atoms with Gasteiger partial charge in [0.2, 0.25) is 5.91 Å². The van der Waals surface area contributed by atoms with Crippen molar-refractivity contribution in [1.82, 2.24) is 24.8 Å². The summed E-state index contributed by atoms with van der Waals surface area (Å²) < 4.78 is 1.85. The Kier molecular flexibility index (Phi) is 10.0. The van der Waals surface area contributed by atoms with E-state index >= 15 is 0 Å². The van der Waals surface area contributed by atoms with Crippen LogP contribution in [0, 0.1) is 0 Å². The van der Waals surface area contributed by atoms with Crippen molar-refractivity contribution in [3.8, 4) is 11.4 Å². The van der Waals surface area contributed by atoms with Crippen LogP contribution in [-0.4, -0.2) is 57.0 Å². The van der Waals surface area contributed by atoms with Gasteiger partial charge in [0.1, 0.15) is 17.9 Å². The Morgan fingerprint density at radius 1 is 1.17 bits per heavy atom. The first-order valence-electron chi connectivity index (χ1n) is 9.18. The molecule has 158 valence electrons. The van der Waals surface area contributed by atoms with Crippen molar-refractivity contribution in [1.29, 1.82) is 0 Å².